The third-order valence-corrected chi connectivity index (χ3v) is 14.2. The van der Waals surface area contributed by atoms with E-state index in [2.05, 4.69) is 82.5 Å². The number of nitrogens with two attached hydrogens (primary N) is 1. The molecule has 0 amide bonds. The molecule has 6 aromatic rings. The van der Waals surface area contributed by atoms with Crippen LogP contribution in [0.5, 0.6) is 0 Å². The van der Waals surface area contributed by atoms with Crippen molar-refractivity contribution in [2.24, 2.45) is 10.7 Å². The van der Waals surface area contributed by atoms with Gasteiger partial charge in [-0.15, -0.1) is 0 Å². The third-order valence-electron chi connectivity index (χ3n) is 11.5. The number of nitrogens with one attached hydrogen (secondary N) is 2. The normalized spacial score (nSPS) is 14.2. The fraction of sp³-hybridized carbons (Fsp3) is 0.383. The second kappa shape index (κ2) is 24.3. The molecule has 0 saturated carbocycles. The number of halogens is 2. The van der Waals surface area contributed by atoms with Crippen LogP contribution in [0.25, 0.3) is 0 Å². The highest BCUT2D eigenvalue weighted by molar-refractivity contribution is 7.78. The highest BCUT2D eigenvalue weighted by atomic mass is 35.5. The number of benzene rings is 2. The van der Waals surface area contributed by atoms with Crippen LogP contribution in [0.1, 0.15) is 53.2 Å². The van der Waals surface area contributed by atoms with Crippen LogP contribution in [-0.4, -0.2) is 135 Å². The Morgan fingerprint density at radius 1 is 0.691 bits per heavy atom. The number of aryl methyl sites for hydroxylation is 4. The molecule has 0 spiro atoms. The number of piperazine rings is 2. The molecule has 0 bridgehead atoms. The molecule has 21 heteroatoms. The molecule has 0 atom stereocenters. The highest BCUT2D eigenvalue weighted by Gasteiger charge is 2.22. The summed E-state index contributed by atoms with van der Waals surface area (Å²) < 4.78 is 0. The maximum atomic E-state index is 12.8. The molecule has 0 radical (unpaired) electrons. The van der Waals surface area contributed by atoms with Gasteiger partial charge in [-0.3, -0.25) is 19.4 Å². The lowest BCUT2D eigenvalue weighted by Gasteiger charge is -2.35. The maximum absolute atomic E-state index is 12.8. The zero-order valence-corrected chi connectivity index (χ0v) is 42.4. The first-order valence-electron chi connectivity index (χ1n) is 22.3. The second-order valence-electron chi connectivity index (χ2n) is 16.3. The van der Waals surface area contributed by atoms with Crippen LogP contribution >= 0.6 is 58.1 Å². The standard InChI is InChI=1S/C24H26ClN7OS2.C23H28ClN7OS/c1-16-4-3-5-19(25)18(16)12-20(33)21-14-27-24(35-21)30-22-13-23(29-17(2)28-22)32-10-8-31(9-11-32)7-6-26-15-34;1-15-4-3-5-18(24)17(15)12-19(32)20-14-26-23(33-20)29-21-13-22(28-16(2)27-21)31-10-8-30(7-6-25)9-11-31/h3-5,13-14H,6-12H2,1-2H3,(H,27,28,29,30);3-5,13-14H,6-12,25H2,1-2H3,(H,26,27,28,29). The van der Waals surface area contributed by atoms with Crippen molar-refractivity contribution in [1.82, 2.24) is 39.7 Å². The summed E-state index contributed by atoms with van der Waals surface area (Å²) in [5, 5.41) is 11.3. The molecule has 2 saturated heterocycles. The molecule has 0 unspecified atom stereocenters. The van der Waals surface area contributed by atoms with Crippen LogP contribution in [-0.2, 0) is 12.8 Å². The smallest absolute Gasteiger partial charge is 0.188 e. The Morgan fingerprint density at radius 2 is 1.13 bits per heavy atom. The van der Waals surface area contributed by atoms with Gasteiger partial charge in [0.25, 0.3) is 0 Å². The lowest BCUT2D eigenvalue weighted by atomic mass is 10.0. The molecule has 2 aliphatic heterocycles. The molecule has 8 rings (SSSR count). The minimum Gasteiger partial charge on any atom is -0.354 e. The lowest BCUT2D eigenvalue weighted by Crippen LogP contribution is -2.48. The van der Waals surface area contributed by atoms with E-state index in [1.54, 1.807) is 12.4 Å². The maximum Gasteiger partial charge on any atom is 0.188 e. The molecule has 2 aromatic carbocycles. The zero-order chi connectivity index (χ0) is 48.2. The average molecular weight is 1010 g/mol. The fourth-order valence-corrected chi connectivity index (χ4v) is 9.98. The van der Waals surface area contributed by atoms with Gasteiger partial charge in [0, 0.05) is 107 Å². The van der Waals surface area contributed by atoms with Gasteiger partial charge in [0.05, 0.1) is 33.9 Å². The second-order valence-corrected chi connectivity index (χ2v) is 19.4. The number of hydrogen-bond donors (Lipinski definition) is 3. The summed E-state index contributed by atoms with van der Waals surface area (Å²) >= 11 is 19.8. The number of thiazole rings is 2. The first-order valence-corrected chi connectivity index (χ1v) is 25.0. The highest BCUT2D eigenvalue weighted by Crippen LogP contribution is 2.29. The molecular formula is C47H54Cl2N14O2S3. The molecule has 4 aromatic heterocycles. The summed E-state index contributed by atoms with van der Waals surface area (Å²) in [4.78, 5) is 67.1. The Bertz CT molecular complexity index is 2710. The predicted molar refractivity (Wildman–Crippen MR) is 279 cm³/mol. The SMILES string of the molecule is Cc1nc(Nc2ncc(C(=O)Cc3c(C)cccc3Cl)s2)cc(N2CCN(CCN)CC2)n1.Cc1nc(Nc2ncc(C(=O)Cc3c(C)cccc3Cl)s2)cc(N2CCN(CCN=C=S)CC2)n1. The number of rotatable bonds is 17. The van der Waals surface area contributed by atoms with Crippen LogP contribution < -0.4 is 26.2 Å². The van der Waals surface area contributed by atoms with Crippen LogP contribution in [0.15, 0.2) is 65.9 Å². The topological polar surface area (TPSA) is 187 Å². The Balaban J connectivity index is 0.000000202. The number of isothiocyanates is 1. The quantitative estimate of drug-likeness (QED) is 0.0452. The summed E-state index contributed by atoms with van der Waals surface area (Å²) in [6.45, 7) is 18.2. The summed E-state index contributed by atoms with van der Waals surface area (Å²) in [6, 6.07) is 15.2. The van der Waals surface area contributed by atoms with Crippen molar-refractivity contribution in [3.8, 4) is 0 Å². The van der Waals surface area contributed by atoms with E-state index in [1.165, 1.54) is 22.7 Å². The van der Waals surface area contributed by atoms with Crippen LogP contribution in [0.3, 0.4) is 0 Å². The molecule has 2 aliphatic rings. The van der Waals surface area contributed by atoms with E-state index in [0.717, 1.165) is 99.3 Å². The average Bonchev–Trinajstić information content (AvgIpc) is 4.00. The zero-order valence-electron chi connectivity index (χ0n) is 38.5. The van der Waals surface area contributed by atoms with Crippen molar-refractivity contribution in [3.63, 3.8) is 0 Å². The number of Topliss-reactive ketones (excluding diaryl/α,β-unsaturated/α-hetero) is 2. The molecule has 4 N–H and O–H groups in total. The number of anilines is 6. The molecule has 2 fully saturated rings. The van der Waals surface area contributed by atoms with E-state index in [0.29, 0.717) is 66.4 Å². The van der Waals surface area contributed by atoms with Gasteiger partial charge in [-0.2, -0.15) is 0 Å². The monoisotopic (exact) mass is 1010 g/mol. The van der Waals surface area contributed by atoms with Gasteiger partial charge in [0.2, 0.25) is 0 Å². The van der Waals surface area contributed by atoms with Crippen LogP contribution in [0.4, 0.5) is 33.5 Å². The summed E-state index contributed by atoms with van der Waals surface area (Å²) in [6.07, 6.45) is 3.70. The molecule has 16 nitrogen and oxygen atoms in total. The number of nitrogens with zero attached hydrogens (tertiary/aromatic N) is 11. The van der Waals surface area contributed by atoms with Gasteiger partial charge in [-0.1, -0.05) is 70.1 Å². The summed E-state index contributed by atoms with van der Waals surface area (Å²) in [5.41, 5.74) is 9.39. The summed E-state index contributed by atoms with van der Waals surface area (Å²) in [5.74, 6) is 4.41. The predicted octanol–water partition coefficient (Wildman–Crippen LogP) is 8.05. The van der Waals surface area contributed by atoms with Gasteiger partial charge < -0.3 is 26.2 Å². The number of carbonyl (C=O) groups is 2. The van der Waals surface area contributed by atoms with Crippen molar-refractivity contribution < 1.29 is 9.59 Å². The Hall–Kier alpha value is -5.34. The number of aromatic nitrogens is 6. The van der Waals surface area contributed by atoms with E-state index in [4.69, 9.17) is 28.9 Å². The number of thiocarbonyl (C=S) groups is 1. The number of aliphatic imine (C=N–C) groups is 1. The van der Waals surface area contributed by atoms with E-state index in [1.807, 2.05) is 76.2 Å². The van der Waals surface area contributed by atoms with Crippen molar-refractivity contribution in [1.29, 1.82) is 0 Å². The van der Waals surface area contributed by atoms with Gasteiger partial charge >= 0.3 is 0 Å². The Kier molecular flexibility index (Phi) is 18.0. The van der Waals surface area contributed by atoms with E-state index in [-0.39, 0.29) is 24.4 Å². The van der Waals surface area contributed by atoms with E-state index >= 15 is 0 Å². The molecule has 356 valence electrons. The first kappa shape index (κ1) is 50.5. The Labute approximate surface area is 420 Å². The van der Waals surface area contributed by atoms with Gasteiger partial charge in [0.15, 0.2) is 21.8 Å². The largest absolute Gasteiger partial charge is 0.354 e. The van der Waals surface area contributed by atoms with Crippen molar-refractivity contribution in [2.45, 2.75) is 40.5 Å². The molecule has 68 heavy (non-hydrogen) atoms. The number of carbonyl (C=O) groups excluding carboxylic acids is 2. The van der Waals surface area contributed by atoms with Crippen molar-refractivity contribution >= 4 is 108 Å². The first-order chi connectivity index (χ1) is 32.8. The molecular weight excluding hydrogens is 960 g/mol. The van der Waals surface area contributed by atoms with Crippen LogP contribution in [0.2, 0.25) is 10.0 Å². The lowest BCUT2D eigenvalue weighted by molar-refractivity contribution is 0.0988. The van der Waals surface area contributed by atoms with E-state index < -0.39 is 0 Å². The minimum atomic E-state index is -0.0135. The van der Waals surface area contributed by atoms with Gasteiger partial charge in [-0.05, 0) is 74.3 Å². The van der Waals surface area contributed by atoms with Crippen molar-refractivity contribution in [3.05, 3.63) is 115 Å². The van der Waals surface area contributed by atoms with Gasteiger partial charge in [-0.25, -0.2) is 34.9 Å². The third kappa shape index (κ3) is 13.9. The molecule has 0 aliphatic carbocycles. The fourth-order valence-electron chi connectivity index (χ4n) is 7.79. The van der Waals surface area contributed by atoms with E-state index in [9.17, 15) is 9.59 Å². The number of ketones is 2. The number of hydrogen-bond acceptors (Lipinski definition) is 19. The molecule has 6 heterocycles. The van der Waals surface area contributed by atoms with Crippen molar-refractivity contribution in [2.75, 3.05) is 99.0 Å². The van der Waals surface area contributed by atoms with Gasteiger partial charge in [0.1, 0.15) is 34.9 Å². The van der Waals surface area contributed by atoms with Crippen LogP contribution in [0, 0.1) is 27.7 Å². The minimum absolute atomic E-state index is 0.00772. The Morgan fingerprint density at radius 3 is 1.54 bits per heavy atom. The summed E-state index contributed by atoms with van der Waals surface area (Å²) in [7, 11) is 0.